The lowest BCUT2D eigenvalue weighted by atomic mass is 9.99. The lowest BCUT2D eigenvalue weighted by Gasteiger charge is -2.30. The molecule has 0 saturated heterocycles. The molecule has 1 aliphatic rings. The van der Waals surface area contributed by atoms with Gasteiger partial charge in [-0.2, -0.15) is 0 Å². The highest BCUT2D eigenvalue weighted by Crippen LogP contribution is 2.19. The molecule has 1 atom stereocenters. The molecule has 2 aromatic carbocycles. The molecule has 1 heterocycles. The number of benzene rings is 2. The van der Waals surface area contributed by atoms with Gasteiger partial charge in [0.15, 0.2) is 6.10 Å². The number of nitrogens with one attached hydrogen (secondary N) is 1. The fourth-order valence-corrected chi connectivity index (χ4v) is 3.27. The molecule has 1 aliphatic heterocycles. The van der Waals surface area contributed by atoms with Crippen molar-refractivity contribution < 1.29 is 19.1 Å². The van der Waals surface area contributed by atoms with Crippen LogP contribution in [0.5, 0.6) is 0 Å². The Kier molecular flexibility index (Phi) is 6.44. The summed E-state index contributed by atoms with van der Waals surface area (Å²) in [4.78, 5) is 38.6. The van der Waals surface area contributed by atoms with Gasteiger partial charge < -0.3 is 15.0 Å². The first-order valence-corrected chi connectivity index (χ1v) is 9.55. The molecule has 0 radical (unpaired) electrons. The van der Waals surface area contributed by atoms with Crippen LogP contribution in [0.25, 0.3) is 6.08 Å². The van der Waals surface area contributed by atoms with Crippen LogP contribution in [0.2, 0.25) is 0 Å². The summed E-state index contributed by atoms with van der Waals surface area (Å²) >= 11 is 0. The fraction of sp³-hybridized carbons (Fsp3) is 0.261. The SMILES string of the molecule is CC(=O)N/C(=C\c1ccccc1)C(=O)O[C@@H](C)C(=O)N1CCc2ccccc2C1. The minimum absolute atomic E-state index is 0.00709. The maximum absolute atomic E-state index is 12.8. The van der Waals surface area contributed by atoms with Crippen LogP contribution in [0.1, 0.15) is 30.5 Å². The highest BCUT2D eigenvalue weighted by Gasteiger charge is 2.28. The van der Waals surface area contributed by atoms with Crippen molar-refractivity contribution in [3.63, 3.8) is 0 Å². The summed E-state index contributed by atoms with van der Waals surface area (Å²) in [5.41, 5.74) is 3.07. The van der Waals surface area contributed by atoms with Crippen LogP contribution >= 0.6 is 0 Å². The van der Waals surface area contributed by atoms with Gasteiger partial charge in [-0.25, -0.2) is 4.79 Å². The number of carbonyl (C=O) groups is 3. The number of esters is 1. The van der Waals surface area contributed by atoms with E-state index in [0.717, 1.165) is 17.5 Å². The maximum Gasteiger partial charge on any atom is 0.355 e. The predicted octanol–water partition coefficient (Wildman–Crippen LogP) is 2.68. The van der Waals surface area contributed by atoms with Gasteiger partial charge in [0.25, 0.3) is 5.91 Å². The van der Waals surface area contributed by atoms with E-state index >= 15 is 0 Å². The first-order valence-electron chi connectivity index (χ1n) is 9.55. The molecule has 3 rings (SSSR count). The Morgan fingerprint density at radius 2 is 1.69 bits per heavy atom. The Labute approximate surface area is 170 Å². The zero-order valence-corrected chi connectivity index (χ0v) is 16.6. The largest absolute Gasteiger partial charge is 0.448 e. The van der Waals surface area contributed by atoms with Crippen LogP contribution in [-0.2, 0) is 32.1 Å². The summed E-state index contributed by atoms with van der Waals surface area (Å²) < 4.78 is 5.38. The number of carbonyl (C=O) groups excluding carboxylic acids is 3. The molecule has 0 aromatic heterocycles. The van der Waals surface area contributed by atoms with Crippen molar-refractivity contribution in [2.75, 3.05) is 6.54 Å². The zero-order chi connectivity index (χ0) is 20.8. The Hall–Kier alpha value is -3.41. The van der Waals surface area contributed by atoms with E-state index in [0.29, 0.717) is 13.1 Å². The lowest BCUT2D eigenvalue weighted by molar-refractivity contribution is -0.157. The maximum atomic E-state index is 12.8. The minimum atomic E-state index is -0.958. The summed E-state index contributed by atoms with van der Waals surface area (Å²) in [6, 6.07) is 17.1. The van der Waals surface area contributed by atoms with Crippen LogP contribution in [-0.4, -0.2) is 35.3 Å². The van der Waals surface area contributed by atoms with E-state index in [1.807, 2.05) is 36.4 Å². The molecule has 0 spiro atoms. The molecule has 0 saturated carbocycles. The van der Waals surface area contributed by atoms with Crippen LogP contribution in [0.15, 0.2) is 60.3 Å². The van der Waals surface area contributed by atoms with E-state index in [1.54, 1.807) is 24.0 Å². The van der Waals surface area contributed by atoms with Gasteiger partial charge in [0.2, 0.25) is 5.91 Å². The van der Waals surface area contributed by atoms with Crippen LogP contribution in [0.3, 0.4) is 0 Å². The number of rotatable bonds is 5. The summed E-state index contributed by atoms with van der Waals surface area (Å²) in [6.07, 6.45) is 1.34. The average molecular weight is 392 g/mol. The minimum Gasteiger partial charge on any atom is -0.448 e. The Balaban J connectivity index is 1.68. The molecule has 0 fully saturated rings. The Morgan fingerprint density at radius 3 is 2.38 bits per heavy atom. The van der Waals surface area contributed by atoms with E-state index in [2.05, 4.69) is 11.4 Å². The molecule has 0 aliphatic carbocycles. The fourth-order valence-electron chi connectivity index (χ4n) is 3.27. The number of hydrogen-bond donors (Lipinski definition) is 1. The second-order valence-corrected chi connectivity index (χ2v) is 6.98. The molecular weight excluding hydrogens is 368 g/mol. The second kappa shape index (κ2) is 9.19. The number of hydrogen-bond acceptors (Lipinski definition) is 4. The third kappa shape index (κ3) is 5.31. The molecule has 150 valence electrons. The summed E-state index contributed by atoms with van der Waals surface area (Å²) in [7, 11) is 0. The van der Waals surface area contributed by atoms with Gasteiger partial charge in [0.1, 0.15) is 5.70 Å². The highest BCUT2D eigenvalue weighted by molar-refractivity contribution is 5.98. The monoisotopic (exact) mass is 392 g/mol. The van der Waals surface area contributed by atoms with Gasteiger partial charge in [-0.05, 0) is 36.1 Å². The van der Waals surface area contributed by atoms with Crippen molar-refractivity contribution in [2.45, 2.75) is 32.9 Å². The van der Waals surface area contributed by atoms with Gasteiger partial charge in [-0.3, -0.25) is 9.59 Å². The van der Waals surface area contributed by atoms with Crippen molar-refractivity contribution >= 4 is 23.9 Å². The van der Waals surface area contributed by atoms with Gasteiger partial charge in [-0.15, -0.1) is 0 Å². The summed E-state index contributed by atoms with van der Waals surface area (Å²) in [5, 5.41) is 2.49. The number of nitrogens with zero attached hydrogens (tertiary/aromatic N) is 1. The van der Waals surface area contributed by atoms with Crippen molar-refractivity contribution in [3.8, 4) is 0 Å². The average Bonchev–Trinajstić information content (AvgIpc) is 2.72. The zero-order valence-electron chi connectivity index (χ0n) is 16.6. The van der Waals surface area contributed by atoms with E-state index in [4.69, 9.17) is 4.74 Å². The van der Waals surface area contributed by atoms with E-state index in [1.165, 1.54) is 18.6 Å². The van der Waals surface area contributed by atoms with Crippen LogP contribution in [0.4, 0.5) is 0 Å². The molecule has 1 N–H and O–H groups in total. The first-order chi connectivity index (χ1) is 13.9. The molecule has 6 heteroatoms. The third-order valence-electron chi connectivity index (χ3n) is 4.72. The van der Waals surface area contributed by atoms with Gasteiger partial charge >= 0.3 is 5.97 Å². The smallest absolute Gasteiger partial charge is 0.355 e. The molecule has 2 amide bonds. The molecular formula is C23H24N2O4. The normalized spacial score (nSPS) is 14.6. The Bertz CT molecular complexity index is 937. The van der Waals surface area contributed by atoms with Crippen molar-refractivity contribution in [1.82, 2.24) is 10.2 Å². The molecule has 6 nitrogen and oxygen atoms in total. The summed E-state index contributed by atoms with van der Waals surface area (Å²) in [6.45, 7) is 3.94. The highest BCUT2D eigenvalue weighted by atomic mass is 16.5. The first kappa shape index (κ1) is 20.3. The quantitative estimate of drug-likeness (QED) is 0.627. The standard InChI is InChI=1S/C23H24N2O4/c1-16(22(27)25-13-12-19-10-6-7-11-20(19)15-25)29-23(28)21(24-17(2)26)14-18-8-4-3-5-9-18/h3-11,14,16H,12-13,15H2,1-2H3,(H,24,26)/b21-14-/t16-/m0/s1. The lowest BCUT2D eigenvalue weighted by Crippen LogP contribution is -2.43. The van der Waals surface area contributed by atoms with Gasteiger partial charge in [0.05, 0.1) is 0 Å². The van der Waals surface area contributed by atoms with Gasteiger partial charge in [0, 0.05) is 20.0 Å². The van der Waals surface area contributed by atoms with Gasteiger partial charge in [-0.1, -0.05) is 54.6 Å². The number of amides is 2. The molecule has 2 aromatic rings. The molecule has 0 bridgehead atoms. The van der Waals surface area contributed by atoms with Crippen molar-refractivity contribution in [3.05, 3.63) is 77.0 Å². The number of ether oxygens (including phenoxy) is 1. The van der Waals surface area contributed by atoms with E-state index in [9.17, 15) is 14.4 Å². The van der Waals surface area contributed by atoms with Crippen LogP contribution in [0, 0.1) is 0 Å². The summed E-state index contributed by atoms with van der Waals surface area (Å²) in [5.74, 6) is -1.40. The topological polar surface area (TPSA) is 75.7 Å². The predicted molar refractivity (Wildman–Crippen MR) is 109 cm³/mol. The third-order valence-corrected chi connectivity index (χ3v) is 4.72. The van der Waals surface area contributed by atoms with E-state index in [-0.39, 0.29) is 11.6 Å². The number of fused-ring (bicyclic) bond motifs is 1. The Morgan fingerprint density at radius 1 is 1.03 bits per heavy atom. The van der Waals surface area contributed by atoms with Crippen molar-refractivity contribution in [1.29, 1.82) is 0 Å². The molecule has 29 heavy (non-hydrogen) atoms. The second-order valence-electron chi connectivity index (χ2n) is 6.98. The van der Waals surface area contributed by atoms with Crippen molar-refractivity contribution in [2.24, 2.45) is 0 Å². The molecule has 0 unspecified atom stereocenters. The van der Waals surface area contributed by atoms with Crippen LogP contribution < -0.4 is 5.32 Å². The van der Waals surface area contributed by atoms with E-state index < -0.39 is 18.0 Å².